The molecule has 1 N–H and O–H groups in total. The number of nitrogens with one attached hydrogen (secondary N) is 1. The summed E-state index contributed by atoms with van der Waals surface area (Å²) in [4.78, 5) is 25.3. The molecule has 2 amide bonds. The van der Waals surface area contributed by atoms with E-state index < -0.39 is 0 Å². The zero-order valence-electron chi connectivity index (χ0n) is 15.0. The van der Waals surface area contributed by atoms with Crippen LogP contribution in [-0.2, 0) is 22.6 Å². The quantitative estimate of drug-likeness (QED) is 0.789. The molecule has 0 aromatic heterocycles. The third kappa shape index (κ3) is 5.88. The Morgan fingerprint density at radius 3 is 2.42 bits per heavy atom. The lowest BCUT2D eigenvalue weighted by atomic mass is 10.1. The maximum absolute atomic E-state index is 13.7. The van der Waals surface area contributed by atoms with Crippen LogP contribution >= 0.6 is 0 Å². The zero-order valence-corrected chi connectivity index (χ0v) is 15.0. The van der Waals surface area contributed by atoms with Crippen molar-refractivity contribution in [2.24, 2.45) is 0 Å². The molecule has 0 aliphatic rings. The fourth-order valence-corrected chi connectivity index (χ4v) is 2.48. The van der Waals surface area contributed by atoms with Crippen LogP contribution in [0.25, 0.3) is 0 Å². The minimum atomic E-state index is -0.306. The Balaban J connectivity index is 1.84. The van der Waals surface area contributed by atoms with Gasteiger partial charge < -0.3 is 15.0 Å². The Morgan fingerprint density at radius 1 is 1.12 bits per heavy atom. The van der Waals surface area contributed by atoms with Crippen LogP contribution in [0.5, 0.6) is 5.75 Å². The van der Waals surface area contributed by atoms with Gasteiger partial charge in [0.2, 0.25) is 11.8 Å². The van der Waals surface area contributed by atoms with Crippen molar-refractivity contribution < 1.29 is 18.7 Å². The van der Waals surface area contributed by atoms with E-state index in [1.165, 1.54) is 17.9 Å². The number of hydrogen-bond donors (Lipinski definition) is 1. The maximum atomic E-state index is 13.7. The molecule has 138 valence electrons. The highest BCUT2D eigenvalue weighted by Gasteiger charge is 2.14. The third-order valence-corrected chi connectivity index (χ3v) is 4.04. The summed E-state index contributed by atoms with van der Waals surface area (Å²) >= 11 is 0. The van der Waals surface area contributed by atoms with Gasteiger partial charge in [-0.25, -0.2) is 4.39 Å². The van der Waals surface area contributed by atoms with Gasteiger partial charge in [0.05, 0.1) is 13.7 Å². The zero-order chi connectivity index (χ0) is 18.9. The molecule has 2 aromatic carbocycles. The van der Waals surface area contributed by atoms with Gasteiger partial charge in [-0.2, -0.15) is 0 Å². The Hall–Kier alpha value is -2.89. The van der Waals surface area contributed by atoms with Gasteiger partial charge in [-0.1, -0.05) is 30.3 Å². The molecule has 0 bridgehead atoms. The Labute approximate surface area is 152 Å². The maximum Gasteiger partial charge on any atom is 0.239 e. The van der Waals surface area contributed by atoms with E-state index in [1.807, 2.05) is 24.3 Å². The van der Waals surface area contributed by atoms with Crippen molar-refractivity contribution in [2.75, 3.05) is 20.2 Å². The molecule has 0 heterocycles. The third-order valence-electron chi connectivity index (χ3n) is 4.04. The Bertz CT molecular complexity index is 747. The molecule has 2 aromatic rings. The summed E-state index contributed by atoms with van der Waals surface area (Å²) in [6, 6.07) is 13.8. The summed E-state index contributed by atoms with van der Waals surface area (Å²) < 4.78 is 18.8. The second-order valence-electron chi connectivity index (χ2n) is 5.91. The first-order valence-electron chi connectivity index (χ1n) is 8.38. The van der Waals surface area contributed by atoms with Gasteiger partial charge in [-0.3, -0.25) is 9.59 Å². The monoisotopic (exact) mass is 358 g/mol. The highest BCUT2D eigenvalue weighted by Crippen LogP contribution is 2.11. The summed E-state index contributed by atoms with van der Waals surface area (Å²) in [5.74, 6) is -0.0403. The number of halogens is 1. The average Bonchev–Trinajstić information content (AvgIpc) is 2.64. The van der Waals surface area contributed by atoms with Gasteiger partial charge in [0.15, 0.2) is 0 Å². The summed E-state index contributed by atoms with van der Waals surface area (Å²) in [6.45, 7) is 1.99. The summed E-state index contributed by atoms with van der Waals surface area (Å²) in [5.41, 5.74) is 1.46. The Kier molecular flexibility index (Phi) is 7.14. The van der Waals surface area contributed by atoms with Gasteiger partial charge in [0.1, 0.15) is 11.6 Å². The number of nitrogens with zero attached hydrogens (tertiary/aromatic N) is 1. The minimum Gasteiger partial charge on any atom is -0.497 e. The van der Waals surface area contributed by atoms with Crippen LogP contribution in [0.15, 0.2) is 48.5 Å². The first-order chi connectivity index (χ1) is 12.5. The lowest BCUT2D eigenvalue weighted by Crippen LogP contribution is -2.40. The summed E-state index contributed by atoms with van der Waals surface area (Å²) in [7, 11) is 1.59. The van der Waals surface area contributed by atoms with Crippen LogP contribution in [0.1, 0.15) is 18.1 Å². The van der Waals surface area contributed by atoms with Crippen LogP contribution in [0, 0.1) is 5.82 Å². The first-order valence-corrected chi connectivity index (χ1v) is 8.38. The van der Waals surface area contributed by atoms with E-state index in [4.69, 9.17) is 4.74 Å². The van der Waals surface area contributed by atoms with Gasteiger partial charge >= 0.3 is 0 Å². The second kappa shape index (κ2) is 9.56. The van der Waals surface area contributed by atoms with Crippen molar-refractivity contribution in [3.8, 4) is 5.75 Å². The average molecular weight is 358 g/mol. The van der Waals surface area contributed by atoms with Crippen molar-refractivity contribution >= 4 is 11.8 Å². The van der Waals surface area contributed by atoms with E-state index in [0.717, 1.165) is 11.3 Å². The lowest BCUT2D eigenvalue weighted by Gasteiger charge is -2.20. The molecule has 0 unspecified atom stereocenters. The van der Waals surface area contributed by atoms with E-state index in [1.54, 1.807) is 25.3 Å². The van der Waals surface area contributed by atoms with Crippen LogP contribution in [0.2, 0.25) is 0 Å². The molecule has 0 aliphatic heterocycles. The van der Waals surface area contributed by atoms with Crippen LogP contribution in [-0.4, -0.2) is 36.9 Å². The predicted molar refractivity (Wildman–Crippen MR) is 97.2 cm³/mol. The van der Waals surface area contributed by atoms with Crippen molar-refractivity contribution in [1.29, 1.82) is 0 Å². The second-order valence-corrected chi connectivity index (χ2v) is 5.91. The molecule has 6 heteroatoms. The number of methoxy groups -OCH3 is 1. The van der Waals surface area contributed by atoms with Crippen LogP contribution in [0.3, 0.4) is 0 Å². The van der Waals surface area contributed by atoms with Crippen LogP contribution < -0.4 is 10.1 Å². The summed E-state index contributed by atoms with van der Waals surface area (Å²) in [6.07, 6.45) is 0.359. The minimum absolute atomic E-state index is 0.0556. The molecule has 2 rings (SSSR count). The molecule has 26 heavy (non-hydrogen) atoms. The number of rotatable bonds is 8. The highest BCUT2D eigenvalue weighted by molar-refractivity contribution is 5.83. The largest absolute Gasteiger partial charge is 0.497 e. The molecule has 0 radical (unpaired) electrons. The van der Waals surface area contributed by atoms with E-state index in [0.29, 0.717) is 18.5 Å². The molecule has 0 aliphatic carbocycles. The molecular weight excluding hydrogens is 335 g/mol. The molecular formula is C20H23FN2O3. The Morgan fingerprint density at radius 2 is 1.81 bits per heavy atom. The number of ether oxygens (including phenoxy) is 1. The summed E-state index contributed by atoms with van der Waals surface area (Å²) in [5, 5.41) is 2.78. The molecule has 0 fully saturated rings. The number of hydrogen-bond acceptors (Lipinski definition) is 3. The molecule has 0 saturated carbocycles. The van der Waals surface area contributed by atoms with Gasteiger partial charge in [-0.05, 0) is 35.7 Å². The van der Waals surface area contributed by atoms with Gasteiger partial charge in [-0.15, -0.1) is 0 Å². The van der Waals surface area contributed by atoms with E-state index in [2.05, 4.69) is 5.32 Å². The van der Waals surface area contributed by atoms with Crippen molar-refractivity contribution in [3.63, 3.8) is 0 Å². The molecule has 5 nitrogen and oxygen atoms in total. The van der Waals surface area contributed by atoms with E-state index in [-0.39, 0.29) is 30.7 Å². The smallest absolute Gasteiger partial charge is 0.239 e. The fraction of sp³-hybridized carbons (Fsp3) is 0.300. The van der Waals surface area contributed by atoms with E-state index >= 15 is 0 Å². The van der Waals surface area contributed by atoms with E-state index in [9.17, 15) is 14.0 Å². The fourth-order valence-electron chi connectivity index (χ4n) is 2.48. The standard InChI is InChI=1S/C20H23FN2O3/c1-15(24)23(12-11-17-5-3-4-6-19(17)21)14-20(25)22-13-16-7-9-18(26-2)10-8-16/h3-10H,11-14H2,1-2H3,(H,22,25). The topological polar surface area (TPSA) is 58.6 Å². The predicted octanol–water partition coefficient (Wildman–Crippen LogP) is 2.54. The van der Waals surface area contributed by atoms with Crippen LogP contribution in [0.4, 0.5) is 4.39 Å². The van der Waals surface area contributed by atoms with Crippen molar-refractivity contribution in [2.45, 2.75) is 19.9 Å². The molecule has 0 atom stereocenters. The van der Waals surface area contributed by atoms with Gasteiger partial charge in [0, 0.05) is 20.0 Å². The van der Waals surface area contributed by atoms with Gasteiger partial charge in [0.25, 0.3) is 0 Å². The highest BCUT2D eigenvalue weighted by atomic mass is 19.1. The van der Waals surface area contributed by atoms with Crippen molar-refractivity contribution in [3.05, 3.63) is 65.5 Å². The first kappa shape index (κ1) is 19.4. The number of carbonyl (C=O) groups is 2. The number of amides is 2. The molecule has 0 spiro atoms. The SMILES string of the molecule is COc1ccc(CNC(=O)CN(CCc2ccccc2F)C(C)=O)cc1. The number of benzene rings is 2. The molecule has 0 saturated heterocycles. The van der Waals surface area contributed by atoms with Crippen molar-refractivity contribution in [1.82, 2.24) is 10.2 Å². The normalized spacial score (nSPS) is 10.3. The lowest BCUT2D eigenvalue weighted by molar-refractivity contribution is -0.134. The number of carbonyl (C=O) groups excluding carboxylic acids is 2.